The molecular weight excluding hydrogens is 448 g/mol. The first-order valence-electron chi connectivity index (χ1n) is 11.0. The highest BCUT2D eigenvalue weighted by Gasteiger charge is 2.15. The minimum Gasteiger partial charge on any atom is -0.491 e. The van der Waals surface area contributed by atoms with E-state index in [4.69, 9.17) is 9.47 Å². The number of carbonyl (C=O) groups is 1. The van der Waals surface area contributed by atoms with Crippen molar-refractivity contribution in [1.82, 2.24) is 34.4 Å². The van der Waals surface area contributed by atoms with Crippen LogP contribution >= 0.6 is 0 Å². The number of likely N-dealkylation sites (N-methyl/N-ethyl adjacent to an activating group) is 2. The van der Waals surface area contributed by atoms with Gasteiger partial charge in [0, 0.05) is 31.9 Å². The highest BCUT2D eigenvalue weighted by molar-refractivity contribution is 5.92. The largest absolute Gasteiger partial charge is 0.491 e. The molecule has 4 aromatic heterocycles. The van der Waals surface area contributed by atoms with E-state index in [1.807, 2.05) is 37.2 Å². The first-order chi connectivity index (χ1) is 16.9. The molecule has 0 radical (unpaired) electrons. The predicted molar refractivity (Wildman–Crippen MR) is 132 cm³/mol. The van der Waals surface area contributed by atoms with Gasteiger partial charge in [0.2, 0.25) is 0 Å². The van der Waals surface area contributed by atoms with Gasteiger partial charge in [0.15, 0.2) is 17.2 Å². The summed E-state index contributed by atoms with van der Waals surface area (Å²) in [5.74, 6) is 1.86. The molecule has 4 heterocycles. The smallest absolute Gasteiger partial charge is 0.272 e. The third-order valence-corrected chi connectivity index (χ3v) is 5.30. The second-order valence-corrected chi connectivity index (χ2v) is 8.15. The van der Waals surface area contributed by atoms with Crippen LogP contribution in [0.15, 0.2) is 48.8 Å². The molecule has 0 spiro atoms. The summed E-state index contributed by atoms with van der Waals surface area (Å²) in [5.41, 5.74) is 2.49. The van der Waals surface area contributed by atoms with Crippen LogP contribution in [0.25, 0.3) is 16.9 Å². The fraction of sp³-hybridized carbons (Fsp3) is 0.292. The van der Waals surface area contributed by atoms with Crippen molar-refractivity contribution < 1.29 is 14.3 Å². The third-order valence-electron chi connectivity index (χ3n) is 5.30. The zero-order chi connectivity index (χ0) is 24.9. The molecule has 11 nitrogen and oxygen atoms in total. The standard InChI is InChI=1S/C24H28N8O3/c1-30(2)11-12-31(3)24(33)18-7-6-8-20(26-18)27-21-15-32-22(28-21)10-9-17(29-32)16-13-19(34-4)23(35-5)25-14-16/h6-10,13-15H,11-12H2,1-5H3,(H,26,27). The van der Waals surface area contributed by atoms with Gasteiger partial charge in [-0.05, 0) is 44.4 Å². The second-order valence-electron chi connectivity index (χ2n) is 8.15. The van der Waals surface area contributed by atoms with Gasteiger partial charge in [0.05, 0.1) is 26.1 Å². The number of nitrogens with one attached hydrogen (secondary N) is 1. The number of amides is 1. The number of hydrogen-bond donors (Lipinski definition) is 1. The van der Waals surface area contributed by atoms with Crippen LogP contribution in [0.2, 0.25) is 0 Å². The first-order valence-corrected chi connectivity index (χ1v) is 11.0. The van der Waals surface area contributed by atoms with Gasteiger partial charge >= 0.3 is 0 Å². The molecule has 1 N–H and O–H groups in total. The zero-order valence-electron chi connectivity index (χ0n) is 20.4. The minimum absolute atomic E-state index is 0.139. The van der Waals surface area contributed by atoms with E-state index in [1.54, 1.807) is 61.3 Å². The Morgan fingerprint density at radius 2 is 1.86 bits per heavy atom. The Hall–Kier alpha value is -4.25. The maximum Gasteiger partial charge on any atom is 0.272 e. The summed E-state index contributed by atoms with van der Waals surface area (Å²) < 4.78 is 12.2. The molecule has 182 valence electrons. The van der Waals surface area contributed by atoms with Crippen molar-refractivity contribution >= 4 is 23.2 Å². The second kappa shape index (κ2) is 10.3. The first kappa shape index (κ1) is 23.9. The molecule has 0 fully saturated rings. The Morgan fingerprint density at radius 3 is 2.60 bits per heavy atom. The van der Waals surface area contributed by atoms with E-state index >= 15 is 0 Å². The number of aromatic nitrogens is 5. The number of carbonyl (C=O) groups excluding carboxylic acids is 1. The number of hydrogen-bond acceptors (Lipinski definition) is 9. The lowest BCUT2D eigenvalue weighted by Crippen LogP contribution is -2.33. The van der Waals surface area contributed by atoms with Crippen molar-refractivity contribution in [2.75, 3.05) is 53.8 Å². The van der Waals surface area contributed by atoms with E-state index in [-0.39, 0.29) is 5.91 Å². The summed E-state index contributed by atoms with van der Waals surface area (Å²) >= 11 is 0. The fourth-order valence-electron chi connectivity index (χ4n) is 3.37. The maximum atomic E-state index is 12.7. The van der Waals surface area contributed by atoms with E-state index < -0.39 is 0 Å². The quantitative estimate of drug-likeness (QED) is 0.390. The van der Waals surface area contributed by atoms with Gasteiger partial charge < -0.3 is 24.6 Å². The fourth-order valence-corrected chi connectivity index (χ4v) is 3.37. The van der Waals surface area contributed by atoms with E-state index in [1.165, 1.54) is 0 Å². The summed E-state index contributed by atoms with van der Waals surface area (Å²) in [6, 6.07) is 10.8. The number of nitrogens with zero attached hydrogens (tertiary/aromatic N) is 7. The van der Waals surface area contributed by atoms with Gasteiger partial charge in [0.25, 0.3) is 11.8 Å². The third kappa shape index (κ3) is 5.46. The van der Waals surface area contributed by atoms with Crippen LogP contribution in [0, 0.1) is 0 Å². The molecule has 4 rings (SSSR count). The molecule has 4 aromatic rings. The van der Waals surface area contributed by atoms with Crippen LogP contribution in [0.3, 0.4) is 0 Å². The highest BCUT2D eigenvalue weighted by Crippen LogP contribution is 2.29. The molecule has 0 aliphatic carbocycles. The van der Waals surface area contributed by atoms with Gasteiger partial charge in [-0.25, -0.2) is 19.5 Å². The van der Waals surface area contributed by atoms with Gasteiger partial charge in [-0.3, -0.25) is 4.79 Å². The topological polar surface area (TPSA) is 110 Å². The maximum absolute atomic E-state index is 12.7. The Bertz CT molecular complexity index is 1340. The molecule has 0 saturated carbocycles. The summed E-state index contributed by atoms with van der Waals surface area (Å²) in [5, 5.41) is 7.79. The average molecular weight is 477 g/mol. The molecule has 35 heavy (non-hydrogen) atoms. The van der Waals surface area contributed by atoms with Crippen LogP contribution in [-0.2, 0) is 0 Å². The molecule has 1 amide bonds. The zero-order valence-corrected chi connectivity index (χ0v) is 20.4. The monoisotopic (exact) mass is 476 g/mol. The van der Waals surface area contributed by atoms with Gasteiger partial charge in [-0.15, -0.1) is 0 Å². The highest BCUT2D eigenvalue weighted by atomic mass is 16.5. The molecule has 0 aromatic carbocycles. The van der Waals surface area contributed by atoms with Crippen molar-refractivity contribution in [3.8, 4) is 22.9 Å². The minimum atomic E-state index is -0.139. The average Bonchev–Trinajstić information content (AvgIpc) is 3.27. The molecule has 0 atom stereocenters. The normalized spacial score (nSPS) is 11.0. The Labute approximate surface area is 203 Å². The number of imidazole rings is 1. The van der Waals surface area contributed by atoms with Crippen LogP contribution in [0.1, 0.15) is 10.5 Å². The van der Waals surface area contributed by atoms with Gasteiger partial charge in [0.1, 0.15) is 11.5 Å². The van der Waals surface area contributed by atoms with Crippen LogP contribution in [-0.4, -0.2) is 88.7 Å². The van der Waals surface area contributed by atoms with Crippen molar-refractivity contribution in [3.05, 3.63) is 54.5 Å². The van der Waals surface area contributed by atoms with Crippen molar-refractivity contribution in [1.29, 1.82) is 0 Å². The van der Waals surface area contributed by atoms with Gasteiger partial charge in [-0.2, -0.15) is 5.10 Å². The predicted octanol–water partition coefficient (Wildman–Crippen LogP) is 2.58. The van der Waals surface area contributed by atoms with Crippen molar-refractivity contribution in [2.45, 2.75) is 0 Å². The number of rotatable bonds is 9. The Kier molecular flexibility index (Phi) is 7.06. The Balaban J connectivity index is 1.53. The summed E-state index contributed by atoms with van der Waals surface area (Å²) in [7, 11) is 8.81. The molecule has 0 unspecified atom stereocenters. The van der Waals surface area contributed by atoms with Crippen molar-refractivity contribution in [3.63, 3.8) is 0 Å². The number of methoxy groups -OCH3 is 2. The number of fused-ring (bicyclic) bond motifs is 1. The lowest BCUT2D eigenvalue weighted by Gasteiger charge is -2.19. The van der Waals surface area contributed by atoms with Crippen LogP contribution in [0.5, 0.6) is 11.6 Å². The van der Waals surface area contributed by atoms with Gasteiger partial charge in [-0.1, -0.05) is 6.07 Å². The van der Waals surface area contributed by atoms with E-state index in [2.05, 4.69) is 25.4 Å². The SMILES string of the molecule is COc1cc(-c2ccc3nc(Nc4cccc(C(=O)N(C)CCN(C)C)n4)cn3n2)cnc1OC. The molecule has 0 saturated heterocycles. The molecule has 0 bridgehead atoms. The van der Waals surface area contributed by atoms with Crippen LogP contribution in [0.4, 0.5) is 11.6 Å². The number of pyridine rings is 2. The molecular formula is C24H28N8O3. The molecule has 0 aliphatic heterocycles. The molecule has 11 heteroatoms. The van der Waals surface area contributed by atoms with E-state index in [0.717, 1.165) is 12.1 Å². The van der Waals surface area contributed by atoms with Crippen LogP contribution < -0.4 is 14.8 Å². The number of ether oxygens (including phenoxy) is 2. The summed E-state index contributed by atoms with van der Waals surface area (Å²) in [4.78, 5) is 29.7. The Morgan fingerprint density at radius 1 is 1.03 bits per heavy atom. The summed E-state index contributed by atoms with van der Waals surface area (Å²) in [6.45, 7) is 1.39. The van der Waals surface area contributed by atoms with E-state index in [9.17, 15) is 4.79 Å². The molecule has 0 aliphatic rings. The lowest BCUT2D eigenvalue weighted by molar-refractivity contribution is 0.0780. The lowest BCUT2D eigenvalue weighted by atomic mass is 10.2. The number of anilines is 2. The van der Waals surface area contributed by atoms with E-state index in [0.29, 0.717) is 46.8 Å². The summed E-state index contributed by atoms with van der Waals surface area (Å²) in [6.07, 6.45) is 3.43. The van der Waals surface area contributed by atoms with Crippen molar-refractivity contribution in [2.24, 2.45) is 0 Å².